The van der Waals surface area contributed by atoms with E-state index in [9.17, 15) is 4.79 Å². The number of fused-ring (bicyclic) bond motifs is 1. The van der Waals surface area contributed by atoms with Crippen molar-refractivity contribution in [2.24, 2.45) is 0 Å². The van der Waals surface area contributed by atoms with Crippen molar-refractivity contribution < 1.29 is 0 Å². The van der Waals surface area contributed by atoms with Crippen LogP contribution in [0.5, 0.6) is 0 Å². The lowest BCUT2D eigenvalue weighted by Crippen LogP contribution is -2.31. The van der Waals surface area contributed by atoms with Gasteiger partial charge in [0, 0.05) is 5.97 Å². The smallest absolute Gasteiger partial charge is 0.266 e. The lowest BCUT2D eigenvalue weighted by molar-refractivity contribution is 0.399. The first kappa shape index (κ1) is 11.4. The van der Waals surface area contributed by atoms with Crippen molar-refractivity contribution in [3.8, 4) is 5.97 Å². The molecule has 90 valence electrons. The average molecular weight is 258 g/mol. The molecule has 0 radical (unpaired) electrons. The zero-order chi connectivity index (χ0) is 12.5. The van der Waals surface area contributed by atoms with Gasteiger partial charge in [-0.15, -0.1) is 11.3 Å². The third-order valence-corrected chi connectivity index (χ3v) is 4.36. The van der Waals surface area contributed by atoms with Gasteiger partial charge in [-0.2, -0.15) is 5.10 Å². The number of nitriles is 1. The Kier molecular flexibility index (Phi) is 2.88. The Labute approximate surface area is 108 Å². The summed E-state index contributed by atoms with van der Waals surface area (Å²) >= 11 is 1.36. The zero-order valence-corrected chi connectivity index (χ0v) is 10.6. The summed E-state index contributed by atoms with van der Waals surface area (Å²) in [5.41, 5.74) is 2.30. The second-order valence-corrected chi connectivity index (χ2v) is 5.45. The Morgan fingerprint density at radius 2 is 2.28 bits per heavy atom. The molecule has 0 bridgehead atoms. The predicted molar refractivity (Wildman–Crippen MR) is 70.9 cm³/mol. The lowest BCUT2D eigenvalue weighted by Gasteiger charge is -2.23. The standard InChI is InChI=1S/C11H11BN4OS/c13-6-12-3-1-8(2-4-12)16-11(17)10-9(5-15-16)14-7-18-10/h5,7-8H,1-4H2. The van der Waals surface area contributed by atoms with Gasteiger partial charge in [0.1, 0.15) is 10.2 Å². The van der Waals surface area contributed by atoms with Gasteiger partial charge in [-0.1, -0.05) is 12.6 Å². The molecule has 0 N–H and O–H groups in total. The Hall–Kier alpha value is -1.68. The van der Waals surface area contributed by atoms with Gasteiger partial charge in [-0.05, 0) is 12.8 Å². The van der Waals surface area contributed by atoms with Crippen LogP contribution >= 0.6 is 11.3 Å². The molecule has 3 rings (SSSR count). The van der Waals surface area contributed by atoms with Gasteiger partial charge in [-0.25, -0.2) is 14.9 Å². The molecular formula is C11H11BN4OS. The summed E-state index contributed by atoms with van der Waals surface area (Å²) in [4.78, 5) is 16.3. The van der Waals surface area contributed by atoms with Gasteiger partial charge in [0.2, 0.25) is 0 Å². The monoisotopic (exact) mass is 258 g/mol. The molecule has 1 fully saturated rings. The van der Waals surface area contributed by atoms with Crippen LogP contribution in [0.2, 0.25) is 12.6 Å². The van der Waals surface area contributed by atoms with E-state index >= 15 is 0 Å². The molecule has 0 spiro atoms. The maximum absolute atomic E-state index is 12.2. The fourth-order valence-corrected chi connectivity index (χ4v) is 3.18. The molecule has 0 aromatic carbocycles. The van der Waals surface area contributed by atoms with Crippen molar-refractivity contribution >= 4 is 28.3 Å². The van der Waals surface area contributed by atoms with Gasteiger partial charge >= 0.3 is 0 Å². The van der Waals surface area contributed by atoms with E-state index < -0.39 is 0 Å². The van der Waals surface area contributed by atoms with Crippen LogP contribution in [0.3, 0.4) is 0 Å². The molecule has 1 saturated heterocycles. The first-order valence-corrected chi connectivity index (χ1v) is 6.88. The number of hydrogen-bond donors (Lipinski definition) is 0. The van der Waals surface area contributed by atoms with Crippen LogP contribution in [0.4, 0.5) is 0 Å². The quantitative estimate of drug-likeness (QED) is 0.730. The highest BCUT2D eigenvalue weighted by Gasteiger charge is 2.26. The van der Waals surface area contributed by atoms with Crippen LogP contribution < -0.4 is 5.56 Å². The van der Waals surface area contributed by atoms with Crippen molar-refractivity contribution in [1.29, 1.82) is 5.26 Å². The second kappa shape index (κ2) is 4.54. The highest BCUT2D eigenvalue weighted by molar-refractivity contribution is 7.16. The van der Waals surface area contributed by atoms with E-state index in [1.165, 1.54) is 11.3 Å². The van der Waals surface area contributed by atoms with Crippen molar-refractivity contribution in [2.45, 2.75) is 31.5 Å². The van der Waals surface area contributed by atoms with Gasteiger partial charge in [0.15, 0.2) is 0 Å². The Balaban J connectivity index is 1.93. The molecule has 0 unspecified atom stereocenters. The summed E-state index contributed by atoms with van der Waals surface area (Å²) in [6, 6.07) is 0.133. The van der Waals surface area contributed by atoms with Gasteiger partial charge in [0.05, 0.1) is 17.7 Å². The van der Waals surface area contributed by atoms with Crippen LogP contribution in [-0.4, -0.2) is 21.5 Å². The third kappa shape index (κ3) is 1.83. The maximum atomic E-state index is 12.2. The molecule has 0 saturated carbocycles. The predicted octanol–water partition coefficient (Wildman–Crippen LogP) is 1.75. The summed E-state index contributed by atoms with van der Waals surface area (Å²) < 4.78 is 2.25. The van der Waals surface area contributed by atoms with Crippen LogP contribution in [0.1, 0.15) is 18.9 Å². The number of hydrogen-bond acceptors (Lipinski definition) is 5. The number of thiazole rings is 1. The van der Waals surface area contributed by atoms with Crippen molar-refractivity contribution in [2.75, 3.05) is 0 Å². The van der Waals surface area contributed by atoms with Crippen LogP contribution in [0.25, 0.3) is 10.2 Å². The molecule has 0 atom stereocenters. The largest absolute Gasteiger partial charge is 0.286 e. The average Bonchev–Trinajstić information content (AvgIpc) is 2.89. The molecule has 5 nitrogen and oxygen atoms in total. The van der Waals surface area contributed by atoms with E-state index in [4.69, 9.17) is 5.26 Å². The van der Waals surface area contributed by atoms with E-state index in [0.717, 1.165) is 25.5 Å². The minimum Gasteiger partial charge on any atom is -0.266 e. The molecule has 18 heavy (non-hydrogen) atoms. The van der Waals surface area contributed by atoms with E-state index in [-0.39, 0.29) is 18.3 Å². The van der Waals surface area contributed by atoms with E-state index in [0.29, 0.717) is 10.2 Å². The van der Waals surface area contributed by atoms with Crippen LogP contribution in [0.15, 0.2) is 16.5 Å². The summed E-state index contributed by atoms with van der Waals surface area (Å²) in [5, 5.41) is 13.1. The summed E-state index contributed by atoms with van der Waals surface area (Å²) in [6.07, 6.45) is 5.08. The van der Waals surface area contributed by atoms with Crippen molar-refractivity contribution in [3.63, 3.8) is 0 Å². The molecule has 2 aromatic rings. The minimum absolute atomic E-state index is 0.0459. The molecule has 0 aliphatic carbocycles. The number of aromatic nitrogens is 3. The molecular weight excluding hydrogens is 247 g/mol. The first-order valence-electron chi connectivity index (χ1n) is 6.00. The normalized spacial score (nSPS) is 16.9. The maximum Gasteiger partial charge on any atom is 0.286 e. The fraction of sp³-hybridized carbons (Fsp3) is 0.455. The Morgan fingerprint density at radius 3 is 3.00 bits per heavy atom. The van der Waals surface area contributed by atoms with Gasteiger partial charge in [0.25, 0.3) is 12.3 Å². The van der Waals surface area contributed by atoms with E-state index in [1.54, 1.807) is 16.4 Å². The second-order valence-electron chi connectivity index (χ2n) is 4.60. The molecule has 0 amide bonds. The third-order valence-electron chi connectivity index (χ3n) is 3.53. The van der Waals surface area contributed by atoms with Crippen LogP contribution in [0, 0.1) is 11.2 Å². The van der Waals surface area contributed by atoms with Gasteiger partial charge in [-0.3, -0.25) is 4.79 Å². The Morgan fingerprint density at radius 1 is 1.50 bits per heavy atom. The number of nitrogens with zero attached hydrogens (tertiary/aromatic N) is 4. The topological polar surface area (TPSA) is 71.6 Å². The van der Waals surface area contributed by atoms with Gasteiger partial charge < -0.3 is 0 Å². The summed E-state index contributed by atoms with van der Waals surface area (Å²) in [7, 11) is 0. The van der Waals surface area contributed by atoms with Crippen molar-refractivity contribution in [1.82, 2.24) is 14.8 Å². The zero-order valence-electron chi connectivity index (χ0n) is 9.74. The highest BCUT2D eigenvalue weighted by atomic mass is 32.1. The number of rotatable bonds is 1. The van der Waals surface area contributed by atoms with E-state index in [1.807, 2.05) is 0 Å². The van der Waals surface area contributed by atoms with E-state index in [2.05, 4.69) is 16.1 Å². The molecule has 3 heterocycles. The first-order chi connectivity index (χ1) is 8.79. The Bertz CT molecular complexity index is 665. The molecule has 7 heteroatoms. The minimum atomic E-state index is -0.0459. The molecule has 1 aliphatic heterocycles. The van der Waals surface area contributed by atoms with Crippen molar-refractivity contribution in [3.05, 3.63) is 22.1 Å². The molecule has 1 aliphatic rings. The van der Waals surface area contributed by atoms with Crippen LogP contribution in [-0.2, 0) is 0 Å². The summed E-state index contributed by atoms with van der Waals surface area (Å²) in [5.74, 6) is 2.30. The lowest BCUT2D eigenvalue weighted by atomic mass is 9.42. The molecule has 2 aromatic heterocycles. The SMILES string of the molecule is N#CB1CCC(n2ncc3ncsc3c2=O)CC1. The summed E-state index contributed by atoms with van der Waals surface area (Å²) in [6.45, 7) is 0.143. The highest BCUT2D eigenvalue weighted by Crippen LogP contribution is 2.27. The fourth-order valence-electron chi connectivity index (χ4n) is 2.49.